The van der Waals surface area contributed by atoms with Gasteiger partial charge in [-0.1, -0.05) is 29.8 Å². The molecule has 65 heavy (non-hydrogen) atoms. The Morgan fingerprint density at radius 1 is 0.938 bits per heavy atom. The number of carbonyl (C=O) groups is 4. The van der Waals surface area contributed by atoms with Gasteiger partial charge < -0.3 is 24.8 Å². The van der Waals surface area contributed by atoms with Crippen molar-refractivity contribution in [3.05, 3.63) is 87.3 Å². The predicted molar refractivity (Wildman–Crippen MR) is 249 cm³/mol. The molecule has 4 aromatic rings. The van der Waals surface area contributed by atoms with E-state index in [9.17, 15) is 24.4 Å². The number of rotatable bonds is 13. The Kier molecular flexibility index (Phi) is 14.6. The quantitative estimate of drug-likeness (QED) is 0.133. The van der Waals surface area contributed by atoms with Gasteiger partial charge in [0.25, 0.3) is 5.91 Å². The molecule has 0 saturated carbocycles. The maximum absolute atomic E-state index is 13.7. The van der Waals surface area contributed by atoms with Gasteiger partial charge in [0.1, 0.15) is 0 Å². The van der Waals surface area contributed by atoms with Gasteiger partial charge in [-0.2, -0.15) is 10.4 Å². The summed E-state index contributed by atoms with van der Waals surface area (Å²) in [6.45, 7) is 12.9. The minimum Gasteiger partial charge on any atom is -0.380 e. The van der Waals surface area contributed by atoms with Gasteiger partial charge in [0.05, 0.1) is 41.5 Å². The van der Waals surface area contributed by atoms with Crippen molar-refractivity contribution < 1.29 is 23.9 Å². The molecule has 8 rings (SSSR count). The van der Waals surface area contributed by atoms with Gasteiger partial charge in [-0.3, -0.25) is 29.6 Å². The Hall–Kier alpha value is -5.69. The van der Waals surface area contributed by atoms with Crippen molar-refractivity contribution in [2.45, 2.75) is 84.1 Å². The summed E-state index contributed by atoms with van der Waals surface area (Å²) >= 11 is 6.39. The van der Waals surface area contributed by atoms with Crippen molar-refractivity contribution in [3.8, 4) is 6.07 Å². The number of aromatic nitrogens is 3. The van der Waals surface area contributed by atoms with Gasteiger partial charge in [-0.05, 0) is 119 Å². The molecule has 342 valence electrons. The number of hydrogen-bond acceptors (Lipinski definition) is 11. The highest BCUT2D eigenvalue weighted by Crippen LogP contribution is 2.34. The smallest absolute Gasteiger partial charge is 0.328 e. The first-order valence-electron chi connectivity index (χ1n) is 23.1. The van der Waals surface area contributed by atoms with E-state index >= 15 is 0 Å². The second-order valence-electron chi connectivity index (χ2n) is 18.1. The largest absolute Gasteiger partial charge is 0.380 e. The molecule has 0 bridgehead atoms. The molecule has 5 amide bonds. The highest BCUT2D eigenvalue weighted by Gasteiger charge is 2.33. The fourth-order valence-electron chi connectivity index (χ4n) is 9.88. The number of anilines is 2. The van der Waals surface area contributed by atoms with Gasteiger partial charge in [-0.25, -0.2) is 4.79 Å². The third-order valence-corrected chi connectivity index (χ3v) is 14.3. The van der Waals surface area contributed by atoms with E-state index in [2.05, 4.69) is 62.7 Å². The molecule has 0 spiro atoms. The molecule has 2 N–H and O–H groups in total. The summed E-state index contributed by atoms with van der Waals surface area (Å²) in [5.41, 5.74) is 5.99. The lowest BCUT2D eigenvalue weighted by molar-refractivity contribution is -0.138. The van der Waals surface area contributed by atoms with Gasteiger partial charge in [0.15, 0.2) is 5.82 Å². The second-order valence-corrected chi connectivity index (χ2v) is 18.5. The zero-order chi connectivity index (χ0) is 45.6. The molecular weight excluding hydrogens is 844 g/mol. The lowest BCUT2D eigenvalue weighted by Crippen LogP contribution is -2.49. The van der Waals surface area contributed by atoms with E-state index < -0.39 is 6.03 Å². The lowest BCUT2D eigenvalue weighted by atomic mass is 9.90. The minimum absolute atomic E-state index is 0.0461. The van der Waals surface area contributed by atoms with Crippen molar-refractivity contribution in [1.82, 2.24) is 35.2 Å². The summed E-state index contributed by atoms with van der Waals surface area (Å²) in [5.74, 6) is 1.22. The number of aryl methyl sites for hydroxylation is 1. The van der Waals surface area contributed by atoms with Crippen LogP contribution >= 0.6 is 11.6 Å². The number of benzene rings is 2. The normalized spacial score (nSPS) is 18.7. The van der Waals surface area contributed by atoms with Crippen LogP contribution in [0.5, 0.6) is 0 Å². The number of fused-ring (bicyclic) bond motifs is 1. The number of pyridine rings is 1. The fraction of sp³-hybridized carbons (Fsp3) is 0.510. The van der Waals surface area contributed by atoms with Crippen LogP contribution in [-0.2, 0) is 20.7 Å². The molecule has 0 unspecified atom stereocenters. The van der Waals surface area contributed by atoms with E-state index in [0.29, 0.717) is 60.7 Å². The number of likely N-dealkylation sites (tertiary alicyclic amines) is 3. The Balaban J connectivity index is 0.746. The van der Waals surface area contributed by atoms with E-state index in [1.807, 2.05) is 30.2 Å². The van der Waals surface area contributed by atoms with E-state index in [4.69, 9.17) is 21.3 Å². The van der Waals surface area contributed by atoms with Gasteiger partial charge in [0.2, 0.25) is 11.8 Å². The predicted octanol–water partition coefficient (Wildman–Crippen LogP) is 6.97. The minimum atomic E-state index is -0.540. The number of piperidine rings is 3. The lowest BCUT2D eigenvalue weighted by Gasteiger charge is -2.37. The molecule has 0 radical (unpaired) electrons. The summed E-state index contributed by atoms with van der Waals surface area (Å²) in [4.78, 5) is 63.8. The van der Waals surface area contributed by atoms with Crippen LogP contribution < -0.4 is 15.5 Å². The standard InChI is InChI=1S/C49H59ClN10O5/c1-31-35(9-17-51)5-4-6-39(31)32(2)53-46-40-28-43(52-29-41(40)33(3)55-56-46)36-14-22-59(23-15-36)47(62)37-12-18-57(19-13-37)25-26-65-30-34-10-20-58(21-11-34)48(63)38-7-8-42(50)44(27-38)60-24-16-45(61)54-49(60)64/h4-8,27-29,32,34,36-37H,9-16,18-26,30H2,1-3H3,(H,53,56)(H,54,61,64)/t32-/m1/s1. The Morgan fingerprint density at radius 3 is 2.43 bits per heavy atom. The number of nitrogens with one attached hydrogen (secondary N) is 2. The zero-order valence-corrected chi connectivity index (χ0v) is 38.4. The van der Waals surface area contributed by atoms with Crippen molar-refractivity contribution in [2.75, 3.05) is 75.8 Å². The summed E-state index contributed by atoms with van der Waals surface area (Å²) in [5, 5.41) is 26.5. The average molecular weight is 904 g/mol. The molecule has 16 heteroatoms. The fourth-order valence-corrected chi connectivity index (χ4v) is 10.1. The third kappa shape index (κ3) is 10.6. The molecule has 4 saturated heterocycles. The number of ether oxygens (including phenoxy) is 1. The van der Waals surface area contributed by atoms with Crippen molar-refractivity contribution in [2.24, 2.45) is 11.8 Å². The van der Waals surface area contributed by atoms with Crippen LogP contribution in [0.3, 0.4) is 0 Å². The Morgan fingerprint density at radius 2 is 1.69 bits per heavy atom. The van der Waals surface area contributed by atoms with Crippen LogP contribution in [0.25, 0.3) is 10.8 Å². The summed E-state index contributed by atoms with van der Waals surface area (Å²) in [6.07, 6.45) is 7.60. The molecule has 15 nitrogen and oxygen atoms in total. The van der Waals surface area contributed by atoms with Crippen LogP contribution in [0.4, 0.5) is 16.3 Å². The molecule has 2 aromatic carbocycles. The highest BCUT2D eigenvalue weighted by atomic mass is 35.5. The zero-order valence-electron chi connectivity index (χ0n) is 37.7. The molecule has 6 heterocycles. The van der Waals surface area contributed by atoms with Crippen molar-refractivity contribution in [1.29, 1.82) is 5.26 Å². The molecular formula is C49H59ClN10O5. The Labute approximate surface area is 385 Å². The SMILES string of the molecule is Cc1c(CC#N)cccc1[C@@H](C)Nc1nnc(C)c2cnc(C3CCN(C(=O)C4CCN(CCOCC5CCN(C(=O)c6ccc(Cl)c(N7CCC(=O)NC7=O)c6)CC5)CC4)CC3)cc12. The average Bonchev–Trinajstić information content (AvgIpc) is 3.32. The number of hydrogen-bond donors (Lipinski definition) is 2. The summed E-state index contributed by atoms with van der Waals surface area (Å²) in [7, 11) is 0. The van der Waals surface area contributed by atoms with Crippen LogP contribution in [0.15, 0.2) is 48.7 Å². The number of imide groups is 1. The number of nitriles is 1. The van der Waals surface area contributed by atoms with Gasteiger partial charge in [-0.15, -0.1) is 5.10 Å². The first-order chi connectivity index (χ1) is 31.5. The van der Waals surface area contributed by atoms with Crippen LogP contribution in [0, 0.1) is 37.0 Å². The van der Waals surface area contributed by atoms with E-state index in [1.165, 1.54) is 4.90 Å². The summed E-state index contributed by atoms with van der Waals surface area (Å²) in [6, 6.07) is 14.9. The number of amides is 5. The Bertz CT molecular complexity index is 2450. The molecule has 4 aliphatic rings. The van der Waals surface area contributed by atoms with E-state index in [-0.39, 0.29) is 48.6 Å². The molecule has 4 aliphatic heterocycles. The number of nitrogens with zero attached hydrogens (tertiary/aromatic N) is 8. The topological polar surface area (TPSA) is 177 Å². The molecule has 4 fully saturated rings. The first kappa shape index (κ1) is 45.9. The van der Waals surface area contributed by atoms with Gasteiger partial charge in [0, 0.05) is 92.4 Å². The van der Waals surface area contributed by atoms with Crippen molar-refractivity contribution >= 4 is 57.6 Å². The maximum Gasteiger partial charge on any atom is 0.328 e. The first-order valence-corrected chi connectivity index (χ1v) is 23.5. The number of halogens is 1. The van der Waals surface area contributed by atoms with Crippen LogP contribution in [0.1, 0.15) is 102 Å². The highest BCUT2D eigenvalue weighted by molar-refractivity contribution is 6.34. The van der Waals surface area contributed by atoms with E-state index in [1.54, 1.807) is 18.2 Å². The number of urea groups is 1. The number of carbonyl (C=O) groups excluding carboxylic acids is 4. The second kappa shape index (κ2) is 20.6. The monoisotopic (exact) mass is 902 g/mol. The molecule has 2 aromatic heterocycles. The van der Waals surface area contributed by atoms with Crippen molar-refractivity contribution in [3.63, 3.8) is 0 Å². The van der Waals surface area contributed by atoms with Crippen LogP contribution in [0.2, 0.25) is 5.02 Å². The third-order valence-electron chi connectivity index (χ3n) is 14.0. The van der Waals surface area contributed by atoms with E-state index in [0.717, 1.165) is 110 Å². The molecule has 1 atom stereocenters. The van der Waals surface area contributed by atoms with Crippen LogP contribution in [-0.4, -0.2) is 119 Å². The summed E-state index contributed by atoms with van der Waals surface area (Å²) < 4.78 is 6.15. The molecule has 0 aliphatic carbocycles. The maximum atomic E-state index is 13.7. The van der Waals surface area contributed by atoms with Gasteiger partial charge >= 0.3 is 6.03 Å².